The van der Waals surface area contributed by atoms with Crippen LogP contribution in [-0.2, 0) is 23.0 Å². The second kappa shape index (κ2) is 9.03. The molecule has 8 nitrogen and oxygen atoms in total. The number of ether oxygens (including phenoxy) is 1. The first-order valence-corrected chi connectivity index (χ1v) is 13.1. The first-order valence-electron chi connectivity index (χ1n) is 10.3. The summed E-state index contributed by atoms with van der Waals surface area (Å²) in [6, 6.07) is 6.93. The van der Waals surface area contributed by atoms with Crippen LogP contribution in [-0.4, -0.2) is 52.5 Å². The van der Waals surface area contributed by atoms with Gasteiger partial charge < -0.3 is 9.64 Å². The van der Waals surface area contributed by atoms with Crippen LogP contribution in [0.1, 0.15) is 45.5 Å². The average Bonchev–Trinajstić information content (AvgIpc) is 3.48. The predicted octanol–water partition coefficient (Wildman–Crippen LogP) is 3.17. The minimum absolute atomic E-state index is 0.106. The molecule has 10 heteroatoms. The second-order valence-electron chi connectivity index (χ2n) is 8.10. The average molecular weight is 475 g/mol. The third kappa shape index (κ3) is 4.86. The van der Waals surface area contributed by atoms with Gasteiger partial charge in [-0.15, -0.1) is 11.3 Å². The van der Waals surface area contributed by atoms with Crippen molar-refractivity contribution in [3.63, 3.8) is 0 Å². The fourth-order valence-corrected chi connectivity index (χ4v) is 6.17. The van der Waals surface area contributed by atoms with Crippen molar-refractivity contribution in [3.05, 3.63) is 63.4 Å². The van der Waals surface area contributed by atoms with Gasteiger partial charge in [0.25, 0.3) is 5.91 Å². The Balaban J connectivity index is 1.41. The molecule has 4 rings (SSSR count). The number of nitrogens with zero attached hydrogens (tertiary/aromatic N) is 4. The van der Waals surface area contributed by atoms with Gasteiger partial charge in [0.1, 0.15) is 12.4 Å². The Hall–Kier alpha value is -2.72. The van der Waals surface area contributed by atoms with Gasteiger partial charge in [0, 0.05) is 35.8 Å². The molecule has 0 unspecified atom stereocenters. The molecule has 2 aromatic heterocycles. The van der Waals surface area contributed by atoms with Crippen LogP contribution >= 0.6 is 11.3 Å². The number of rotatable bonds is 7. The lowest BCUT2D eigenvalue weighted by Crippen LogP contribution is -2.26. The van der Waals surface area contributed by atoms with Crippen molar-refractivity contribution in [2.45, 2.75) is 39.5 Å². The van der Waals surface area contributed by atoms with E-state index < -0.39 is 9.84 Å². The molecule has 32 heavy (non-hydrogen) atoms. The molecular formula is C22H26N4O4S2. The van der Waals surface area contributed by atoms with Crippen LogP contribution in [0.15, 0.2) is 35.2 Å². The van der Waals surface area contributed by atoms with Gasteiger partial charge in [-0.05, 0) is 44.5 Å². The molecule has 1 atom stereocenters. The fourth-order valence-electron chi connectivity index (χ4n) is 3.94. The number of thiazole rings is 1. The van der Waals surface area contributed by atoms with Crippen molar-refractivity contribution in [1.82, 2.24) is 19.7 Å². The molecule has 0 N–H and O–H groups in total. The van der Waals surface area contributed by atoms with Crippen LogP contribution in [0.2, 0.25) is 0 Å². The van der Waals surface area contributed by atoms with Crippen molar-refractivity contribution in [3.8, 4) is 5.75 Å². The van der Waals surface area contributed by atoms with Crippen molar-refractivity contribution in [2.75, 3.05) is 18.6 Å². The summed E-state index contributed by atoms with van der Waals surface area (Å²) in [6.45, 7) is 4.63. The summed E-state index contributed by atoms with van der Waals surface area (Å²) in [7, 11) is -1.24. The largest absolute Gasteiger partial charge is 0.487 e. The Morgan fingerprint density at radius 3 is 2.66 bits per heavy atom. The van der Waals surface area contributed by atoms with E-state index >= 15 is 0 Å². The lowest BCUT2D eigenvalue weighted by atomic mass is 10.1. The summed E-state index contributed by atoms with van der Waals surface area (Å²) < 4.78 is 31.2. The van der Waals surface area contributed by atoms with Crippen molar-refractivity contribution >= 4 is 27.1 Å². The Labute approximate surface area is 191 Å². The Bertz CT molecular complexity index is 1200. The summed E-state index contributed by atoms with van der Waals surface area (Å²) in [6.07, 6.45) is 0.579. The summed E-state index contributed by atoms with van der Waals surface area (Å²) in [4.78, 5) is 18.8. The van der Waals surface area contributed by atoms with Gasteiger partial charge >= 0.3 is 0 Å². The van der Waals surface area contributed by atoms with Crippen LogP contribution in [0, 0.1) is 13.8 Å². The Morgan fingerprint density at radius 1 is 1.28 bits per heavy atom. The number of aromatic nitrogens is 3. The van der Waals surface area contributed by atoms with E-state index in [2.05, 4.69) is 10.1 Å². The van der Waals surface area contributed by atoms with E-state index in [4.69, 9.17) is 4.74 Å². The van der Waals surface area contributed by atoms with E-state index in [9.17, 15) is 13.2 Å². The first kappa shape index (κ1) is 22.5. The molecule has 0 aliphatic carbocycles. The van der Waals surface area contributed by atoms with Gasteiger partial charge in [-0.3, -0.25) is 9.48 Å². The van der Waals surface area contributed by atoms with Crippen LogP contribution < -0.4 is 4.74 Å². The van der Waals surface area contributed by atoms with E-state index in [1.54, 1.807) is 41.7 Å². The summed E-state index contributed by atoms with van der Waals surface area (Å²) in [5.41, 5.74) is 5.88. The number of benzene rings is 1. The third-order valence-electron chi connectivity index (χ3n) is 5.74. The zero-order valence-electron chi connectivity index (χ0n) is 18.3. The van der Waals surface area contributed by atoms with E-state index in [1.165, 1.54) is 11.3 Å². The quantitative estimate of drug-likeness (QED) is 0.522. The highest BCUT2D eigenvalue weighted by molar-refractivity contribution is 7.91. The van der Waals surface area contributed by atoms with Crippen molar-refractivity contribution in [2.24, 2.45) is 0 Å². The molecule has 3 heterocycles. The molecular weight excluding hydrogens is 448 g/mol. The van der Waals surface area contributed by atoms with Gasteiger partial charge in [0.05, 0.1) is 34.4 Å². The van der Waals surface area contributed by atoms with Gasteiger partial charge in [-0.2, -0.15) is 5.10 Å². The minimum Gasteiger partial charge on any atom is -0.487 e. The van der Waals surface area contributed by atoms with Crippen LogP contribution in [0.25, 0.3) is 0 Å². The summed E-state index contributed by atoms with van der Waals surface area (Å²) in [5.74, 6) is 0.899. The molecule has 0 spiro atoms. The summed E-state index contributed by atoms with van der Waals surface area (Å²) >= 11 is 1.52. The maximum atomic E-state index is 12.9. The molecule has 1 saturated heterocycles. The predicted molar refractivity (Wildman–Crippen MR) is 123 cm³/mol. The molecule has 1 aliphatic rings. The lowest BCUT2D eigenvalue weighted by Gasteiger charge is -2.18. The normalized spacial score (nSPS) is 17.4. The highest BCUT2D eigenvalue weighted by Gasteiger charge is 2.31. The third-order valence-corrected chi connectivity index (χ3v) is 8.13. The monoisotopic (exact) mass is 474 g/mol. The molecule has 1 amide bonds. The number of hydrogen-bond donors (Lipinski definition) is 0. The maximum Gasteiger partial charge on any atom is 0.253 e. The Kier molecular flexibility index (Phi) is 6.34. The molecule has 170 valence electrons. The molecule has 0 bridgehead atoms. The van der Waals surface area contributed by atoms with Crippen LogP contribution in [0.5, 0.6) is 5.75 Å². The number of carbonyl (C=O) groups excluding carboxylic acids is 1. The van der Waals surface area contributed by atoms with Gasteiger partial charge in [-0.1, -0.05) is 0 Å². The van der Waals surface area contributed by atoms with Crippen molar-refractivity contribution < 1.29 is 17.9 Å². The highest BCUT2D eigenvalue weighted by atomic mass is 32.2. The van der Waals surface area contributed by atoms with Crippen molar-refractivity contribution in [1.29, 1.82) is 0 Å². The summed E-state index contributed by atoms with van der Waals surface area (Å²) in [5, 5.41) is 6.52. The number of aryl methyl sites for hydroxylation is 1. The molecule has 0 radical (unpaired) electrons. The lowest BCUT2D eigenvalue weighted by molar-refractivity contribution is 0.0784. The highest BCUT2D eigenvalue weighted by Crippen LogP contribution is 2.27. The standard InChI is InChI=1S/C22H26N4O4S2/c1-15-21(16(2)26(24-15)19-8-9-32(28,29)13-19)10-25(3)22(27)17-4-6-20(7-5-17)30-11-18-12-31-14-23-18/h4-7,12,14,19H,8-11,13H2,1-3H3/t19-/m1/s1. The van der Waals surface area contributed by atoms with Crippen LogP contribution in [0.3, 0.4) is 0 Å². The molecule has 1 aromatic carbocycles. The van der Waals surface area contributed by atoms with E-state index in [-0.39, 0.29) is 23.5 Å². The SMILES string of the molecule is Cc1nn([C@@H]2CCS(=O)(=O)C2)c(C)c1CN(C)C(=O)c1ccc(OCc2cscn2)cc1. The number of amides is 1. The molecule has 1 aliphatic heterocycles. The molecule has 3 aromatic rings. The second-order valence-corrected chi connectivity index (χ2v) is 11.1. The van der Waals surface area contributed by atoms with E-state index in [1.807, 2.05) is 23.9 Å². The van der Waals surface area contributed by atoms with Gasteiger partial charge in [-0.25, -0.2) is 13.4 Å². The van der Waals surface area contributed by atoms with E-state index in [0.717, 1.165) is 22.6 Å². The van der Waals surface area contributed by atoms with Gasteiger partial charge in [0.15, 0.2) is 9.84 Å². The molecule has 0 saturated carbocycles. The van der Waals surface area contributed by atoms with Gasteiger partial charge in [0.2, 0.25) is 0 Å². The zero-order chi connectivity index (χ0) is 22.9. The minimum atomic E-state index is -3.00. The van der Waals surface area contributed by atoms with Crippen LogP contribution in [0.4, 0.5) is 0 Å². The number of hydrogen-bond acceptors (Lipinski definition) is 7. The maximum absolute atomic E-state index is 12.9. The number of carbonyl (C=O) groups is 1. The zero-order valence-corrected chi connectivity index (χ0v) is 19.9. The fraction of sp³-hybridized carbons (Fsp3) is 0.409. The number of sulfone groups is 1. The smallest absolute Gasteiger partial charge is 0.253 e. The first-order chi connectivity index (χ1) is 15.2. The van der Waals surface area contributed by atoms with E-state index in [0.29, 0.717) is 30.9 Å². The topological polar surface area (TPSA) is 94.4 Å². The Morgan fingerprint density at radius 2 is 2.03 bits per heavy atom. The molecule has 1 fully saturated rings.